The van der Waals surface area contributed by atoms with Crippen molar-refractivity contribution in [2.24, 2.45) is 0 Å². The molecule has 5 heteroatoms. The molecule has 1 atom stereocenters. The molecule has 0 saturated carbocycles. The molecule has 0 fully saturated rings. The minimum atomic E-state index is -0.585. The van der Waals surface area contributed by atoms with Gasteiger partial charge in [0.1, 0.15) is 5.69 Å². The Morgan fingerprint density at radius 1 is 1.47 bits per heavy atom. The van der Waals surface area contributed by atoms with Gasteiger partial charge < -0.3 is 9.67 Å². The van der Waals surface area contributed by atoms with E-state index in [0.29, 0.717) is 11.0 Å². The van der Waals surface area contributed by atoms with E-state index < -0.39 is 6.10 Å². The molecule has 90 valence electrons. The Kier molecular flexibility index (Phi) is 3.59. The lowest BCUT2D eigenvalue weighted by Gasteiger charge is -2.13. The molecule has 1 aromatic heterocycles. The largest absolute Gasteiger partial charge is 0.390 e. The summed E-state index contributed by atoms with van der Waals surface area (Å²) in [5.74, 6) is 0. The first-order valence-electron chi connectivity index (χ1n) is 5.33. The van der Waals surface area contributed by atoms with Crippen LogP contribution in [-0.4, -0.2) is 26.1 Å². The molecule has 2 aromatic rings. The van der Waals surface area contributed by atoms with E-state index in [1.165, 1.54) is 0 Å². The molecule has 0 saturated heterocycles. The van der Waals surface area contributed by atoms with E-state index >= 15 is 0 Å². The maximum atomic E-state index is 12.0. The molecular formula is C12H13BrN2O2. The van der Waals surface area contributed by atoms with Crippen LogP contribution in [0.4, 0.5) is 0 Å². The van der Waals surface area contributed by atoms with Crippen molar-refractivity contribution in [3.05, 3.63) is 40.3 Å². The maximum absolute atomic E-state index is 12.0. The molecule has 2 rings (SSSR count). The van der Waals surface area contributed by atoms with Gasteiger partial charge in [-0.1, -0.05) is 28.1 Å². The summed E-state index contributed by atoms with van der Waals surface area (Å²) < 4.78 is 1.57. The van der Waals surface area contributed by atoms with Crippen molar-refractivity contribution in [2.45, 2.75) is 19.6 Å². The van der Waals surface area contributed by atoms with Gasteiger partial charge in [-0.3, -0.25) is 4.79 Å². The van der Waals surface area contributed by atoms with Crippen LogP contribution in [0.3, 0.4) is 0 Å². The Morgan fingerprint density at radius 2 is 2.18 bits per heavy atom. The van der Waals surface area contributed by atoms with Crippen LogP contribution in [0, 0.1) is 6.92 Å². The number of para-hydroxylation sites is 2. The number of halogens is 1. The second-order valence-corrected chi connectivity index (χ2v) is 4.56. The highest BCUT2D eigenvalue weighted by molar-refractivity contribution is 9.09. The molecule has 0 bridgehead atoms. The van der Waals surface area contributed by atoms with Gasteiger partial charge in [0, 0.05) is 5.33 Å². The van der Waals surface area contributed by atoms with E-state index in [1.54, 1.807) is 11.5 Å². The van der Waals surface area contributed by atoms with Crippen LogP contribution in [0.1, 0.15) is 5.69 Å². The number of hydrogen-bond donors (Lipinski definition) is 1. The number of alkyl halides is 1. The zero-order chi connectivity index (χ0) is 12.4. The lowest BCUT2D eigenvalue weighted by atomic mass is 10.2. The van der Waals surface area contributed by atoms with Crippen molar-refractivity contribution in [3.8, 4) is 0 Å². The lowest BCUT2D eigenvalue weighted by Crippen LogP contribution is -2.29. The van der Waals surface area contributed by atoms with Crippen molar-refractivity contribution in [3.63, 3.8) is 0 Å². The highest BCUT2D eigenvalue weighted by atomic mass is 79.9. The summed E-state index contributed by atoms with van der Waals surface area (Å²) in [6.07, 6.45) is -0.585. The Bertz CT molecular complexity index is 595. The monoisotopic (exact) mass is 296 g/mol. The molecule has 4 nitrogen and oxygen atoms in total. The number of rotatable bonds is 3. The van der Waals surface area contributed by atoms with Crippen LogP contribution in [0.15, 0.2) is 29.1 Å². The summed E-state index contributed by atoms with van der Waals surface area (Å²) in [4.78, 5) is 16.3. The van der Waals surface area contributed by atoms with Crippen molar-refractivity contribution < 1.29 is 5.11 Å². The summed E-state index contributed by atoms with van der Waals surface area (Å²) in [6, 6.07) is 7.43. The first kappa shape index (κ1) is 12.3. The number of benzene rings is 1. The van der Waals surface area contributed by atoms with Gasteiger partial charge in [-0.15, -0.1) is 0 Å². The van der Waals surface area contributed by atoms with Crippen molar-refractivity contribution in [2.75, 3.05) is 5.33 Å². The maximum Gasteiger partial charge on any atom is 0.272 e. The highest BCUT2D eigenvalue weighted by Crippen LogP contribution is 2.10. The Balaban J connectivity index is 2.66. The molecule has 0 radical (unpaired) electrons. The average molecular weight is 297 g/mol. The van der Waals surface area contributed by atoms with Crippen molar-refractivity contribution in [1.82, 2.24) is 9.55 Å². The smallest absolute Gasteiger partial charge is 0.272 e. The minimum Gasteiger partial charge on any atom is -0.390 e. The zero-order valence-electron chi connectivity index (χ0n) is 9.43. The van der Waals surface area contributed by atoms with Gasteiger partial charge in [0.25, 0.3) is 5.56 Å². The first-order chi connectivity index (χ1) is 8.13. The summed E-state index contributed by atoms with van der Waals surface area (Å²) in [6.45, 7) is 1.96. The van der Waals surface area contributed by atoms with E-state index in [1.807, 2.05) is 24.3 Å². The minimum absolute atomic E-state index is 0.149. The first-order valence-corrected chi connectivity index (χ1v) is 6.46. The fourth-order valence-corrected chi connectivity index (χ4v) is 1.97. The summed E-state index contributed by atoms with van der Waals surface area (Å²) >= 11 is 3.20. The number of aromatic nitrogens is 2. The van der Waals surface area contributed by atoms with Crippen LogP contribution in [-0.2, 0) is 6.54 Å². The normalized spacial score (nSPS) is 12.9. The molecule has 1 N–H and O–H groups in total. The number of aryl methyl sites for hydroxylation is 1. The van der Waals surface area contributed by atoms with Gasteiger partial charge in [0.05, 0.1) is 23.7 Å². The molecule has 17 heavy (non-hydrogen) atoms. The fraction of sp³-hybridized carbons (Fsp3) is 0.333. The van der Waals surface area contributed by atoms with Gasteiger partial charge in [-0.2, -0.15) is 0 Å². The molecule has 1 heterocycles. The molecule has 0 aliphatic rings. The Morgan fingerprint density at radius 3 is 2.88 bits per heavy atom. The summed E-state index contributed by atoms with van der Waals surface area (Å²) in [5.41, 5.74) is 1.82. The Labute approximate surface area is 107 Å². The van der Waals surface area contributed by atoms with Gasteiger partial charge in [0.2, 0.25) is 0 Å². The number of nitrogens with zero attached hydrogens (tertiary/aromatic N) is 2. The molecule has 1 unspecified atom stereocenters. The van der Waals surface area contributed by atoms with Crippen molar-refractivity contribution in [1.29, 1.82) is 0 Å². The Hall–Kier alpha value is -1.20. The topological polar surface area (TPSA) is 55.1 Å². The van der Waals surface area contributed by atoms with E-state index in [0.717, 1.165) is 11.0 Å². The quantitative estimate of drug-likeness (QED) is 0.873. The van der Waals surface area contributed by atoms with Crippen LogP contribution in [0.2, 0.25) is 0 Å². The van der Waals surface area contributed by atoms with Gasteiger partial charge in [-0.25, -0.2) is 4.98 Å². The third kappa shape index (κ3) is 2.40. The van der Waals surface area contributed by atoms with E-state index in [9.17, 15) is 9.90 Å². The van der Waals surface area contributed by atoms with Crippen molar-refractivity contribution >= 4 is 27.0 Å². The van der Waals surface area contributed by atoms with Crippen LogP contribution in [0.5, 0.6) is 0 Å². The predicted octanol–water partition coefficient (Wildman–Crippen LogP) is 1.46. The standard InChI is InChI=1S/C12H13BrN2O2/c1-8-12(17)15(7-9(16)6-13)11-5-3-2-4-10(11)14-8/h2-5,9,16H,6-7H2,1H3. The second kappa shape index (κ2) is 4.98. The second-order valence-electron chi connectivity index (χ2n) is 3.91. The summed E-state index contributed by atoms with van der Waals surface area (Å²) in [7, 11) is 0. The number of aliphatic hydroxyl groups excluding tert-OH is 1. The molecular weight excluding hydrogens is 284 g/mol. The van der Waals surface area contributed by atoms with Crippen LogP contribution >= 0.6 is 15.9 Å². The van der Waals surface area contributed by atoms with Gasteiger partial charge in [0.15, 0.2) is 0 Å². The third-order valence-electron chi connectivity index (χ3n) is 2.59. The van der Waals surface area contributed by atoms with Crippen LogP contribution < -0.4 is 5.56 Å². The summed E-state index contributed by atoms with van der Waals surface area (Å²) in [5, 5.41) is 10.1. The van der Waals surface area contributed by atoms with Gasteiger partial charge >= 0.3 is 0 Å². The number of hydrogen-bond acceptors (Lipinski definition) is 3. The number of aliphatic hydroxyl groups is 1. The van der Waals surface area contributed by atoms with E-state index in [2.05, 4.69) is 20.9 Å². The van der Waals surface area contributed by atoms with Gasteiger partial charge in [-0.05, 0) is 19.1 Å². The number of fused-ring (bicyclic) bond motifs is 1. The SMILES string of the molecule is Cc1nc2ccccc2n(CC(O)CBr)c1=O. The predicted molar refractivity (Wildman–Crippen MR) is 70.5 cm³/mol. The van der Waals surface area contributed by atoms with E-state index in [4.69, 9.17) is 0 Å². The fourth-order valence-electron chi connectivity index (χ4n) is 1.76. The molecule has 0 aliphatic carbocycles. The highest BCUT2D eigenvalue weighted by Gasteiger charge is 2.10. The van der Waals surface area contributed by atoms with Crippen LogP contribution in [0.25, 0.3) is 11.0 Å². The van der Waals surface area contributed by atoms with E-state index in [-0.39, 0.29) is 12.1 Å². The third-order valence-corrected chi connectivity index (χ3v) is 3.33. The molecule has 1 aromatic carbocycles. The zero-order valence-corrected chi connectivity index (χ0v) is 11.0. The lowest BCUT2D eigenvalue weighted by molar-refractivity contribution is 0.179. The molecule has 0 spiro atoms. The average Bonchev–Trinajstić information content (AvgIpc) is 2.34. The molecule has 0 aliphatic heterocycles. The molecule has 0 amide bonds.